The lowest BCUT2D eigenvalue weighted by atomic mass is 10.0. The first kappa shape index (κ1) is 21.2. The number of aliphatic imine (C=N–C) groups is 1. The topological polar surface area (TPSA) is 45.7 Å². The smallest absolute Gasteiger partial charge is 0.191 e. The molecule has 24 heavy (non-hydrogen) atoms. The SMILES string of the molecule is CCNC(=NCC1(CCOCC)CC1)NC(C)c1ccccc1.I. The van der Waals surface area contributed by atoms with Crippen LogP contribution in [0.1, 0.15) is 51.6 Å². The third-order valence-electron chi connectivity index (χ3n) is 4.51. The van der Waals surface area contributed by atoms with Crippen LogP contribution in [0, 0.1) is 5.41 Å². The van der Waals surface area contributed by atoms with Gasteiger partial charge in [0.05, 0.1) is 6.04 Å². The summed E-state index contributed by atoms with van der Waals surface area (Å²) < 4.78 is 5.51. The molecule has 1 aromatic rings. The average Bonchev–Trinajstić information content (AvgIpc) is 3.34. The van der Waals surface area contributed by atoms with E-state index in [0.717, 1.165) is 38.7 Å². The number of nitrogens with zero attached hydrogens (tertiary/aromatic N) is 1. The van der Waals surface area contributed by atoms with E-state index in [-0.39, 0.29) is 30.0 Å². The predicted octanol–water partition coefficient (Wildman–Crippen LogP) is 4.13. The van der Waals surface area contributed by atoms with Crippen molar-refractivity contribution in [1.29, 1.82) is 0 Å². The second kappa shape index (κ2) is 10.9. The highest BCUT2D eigenvalue weighted by Crippen LogP contribution is 2.49. The summed E-state index contributed by atoms with van der Waals surface area (Å²) in [6, 6.07) is 10.7. The van der Waals surface area contributed by atoms with Gasteiger partial charge < -0.3 is 15.4 Å². The first-order valence-corrected chi connectivity index (χ1v) is 8.86. The number of benzene rings is 1. The number of hydrogen-bond donors (Lipinski definition) is 2. The molecular formula is C19H32IN3O. The number of guanidine groups is 1. The van der Waals surface area contributed by atoms with Gasteiger partial charge in [0.15, 0.2) is 5.96 Å². The van der Waals surface area contributed by atoms with Gasteiger partial charge in [-0.2, -0.15) is 0 Å². The van der Waals surface area contributed by atoms with Crippen molar-refractivity contribution in [3.05, 3.63) is 35.9 Å². The van der Waals surface area contributed by atoms with Gasteiger partial charge in [0.2, 0.25) is 0 Å². The van der Waals surface area contributed by atoms with Crippen LogP contribution < -0.4 is 10.6 Å². The van der Waals surface area contributed by atoms with Crippen LogP contribution >= 0.6 is 24.0 Å². The zero-order valence-electron chi connectivity index (χ0n) is 15.2. The lowest BCUT2D eigenvalue weighted by Gasteiger charge is -2.19. The molecule has 2 rings (SSSR count). The Labute approximate surface area is 163 Å². The molecule has 5 heteroatoms. The maximum Gasteiger partial charge on any atom is 0.191 e. The fraction of sp³-hybridized carbons (Fsp3) is 0.632. The standard InChI is InChI=1S/C19H31N3O.HI/c1-4-20-18(22-16(3)17-9-7-6-8-10-17)21-15-19(11-12-19)13-14-23-5-2;/h6-10,16H,4-5,11-15H2,1-3H3,(H2,20,21,22);1H. The Bertz CT molecular complexity index is 489. The zero-order chi connectivity index (χ0) is 16.5. The molecule has 0 saturated heterocycles. The minimum Gasteiger partial charge on any atom is -0.382 e. The van der Waals surface area contributed by atoms with E-state index in [1.54, 1.807) is 0 Å². The summed E-state index contributed by atoms with van der Waals surface area (Å²) in [5.74, 6) is 0.909. The molecule has 1 aliphatic carbocycles. The molecule has 1 atom stereocenters. The lowest BCUT2D eigenvalue weighted by molar-refractivity contribution is 0.129. The van der Waals surface area contributed by atoms with Crippen molar-refractivity contribution in [2.24, 2.45) is 10.4 Å². The van der Waals surface area contributed by atoms with Crippen LogP contribution in [0.4, 0.5) is 0 Å². The van der Waals surface area contributed by atoms with Crippen LogP contribution in [-0.4, -0.2) is 32.3 Å². The van der Waals surface area contributed by atoms with Crippen LogP contribution in [0.3, 0.4) is 0 Å². The average molecular weight is 445 g/mol. The minimum atomic E-state index is 0. The van der Waals surface area contributed by atoms with Crippen molar-refractivity contribution in [3.63, 3.8) is 0 Å². The van der Waals surface area contributed by atoms with Crippen LogP contribution in [0.25, 0.3) is 0 Å². The first-order valence-electron chi connectivity index (χ1n) is 8.86. The second-order valence-electron chi connectivity index (χ2n) is 6.42. The number of nitrogens with one attached hydrogen (secondary N) is 2. The number of rotatable bonds is 9. The summed E-state index contributed by atoms with van der Waals surface area (Å²) in [7, 11) is 0. The third-order valence-corrected chi connectivity index (χ3v) is 4.51. The Morgan fingerprint density at radius 3 is 2.54 bits per heavy atom. The molecule has 1 saturated carbocycles. The van der Waals surface area contributed by atoms with Gasteiger partial charge in [0.25, 0.3) is 0 Å². The summed E-state index contributed by atoms with van der Waals surface area (Å²) in [4.78, 5) is 4.83. The van der Waals surface area contributed by atoms with Crippen LogP contribution in [-0.2, 0) is 4.74 Å². The summed E-state index contributed by atoms with van der Waals surface area (Å²) in [5.41, 5.74) is 1.66. The van der Waals surface area contributed by atoms with Crippen molar-refractivity contribution in [1.82, 2.24) is 10.6 Å². The normalized spacial score (nSPS) is 16.9. The van der Waals surface area contributed by atoms with Gasteiger partial charge in [-0.15, -0.1) is 24.0 Å². The second-order valence-corrected chi connectivity index (χ2v) is 6.42. The largest absolute Gasteiger partial charge is 0.382 e. The van der Waals surface area contributed by atoms with E-state index >= 15 is 0 Å². The van der Waals surface area contributed by atoms with E-state index in [1.165, 1.54) is 18.4 Å². The Morgan fingerprint density at radius 2 is 1.96 bits per heavy atom. The molecule has 0 bridgehead atoms. The van der Waals surface area contributed by atoms with E-state index < -0.39 is 0 Å². The highest BCUT2D eigenvalue weighted by atomic mass is 127. The minimum absolute atomic E-state index is 0. The van der Waals surface area contributed by atoms with E-state index in [4.69, 9.17) is 9.73 Å². The monoisotopic (exact) mass is 445 g/mol. The van der Waals surface area contributed by atoms with Crippen molar-refractivity contribution < 1.29 is 4.74 Å². The molecule has 0 aromatic heterocycles. The molecule has 0 aliphatic heterocycles. The number of ether oxygens (including phenoxy) is 1. The molecule has 1 fully saturated rings. The van der Waals surface area contributed by atoms with Crippen LogP contribution in [0.5, 0.6) is 0 Å². The zero-order valence-corrected chi connectivity index (χ0v) is 17.5. The van der Waals surface area contributed by atoms with Crippen LogP contribution in [0.15, 0.2) is 35.3 Å². The van der Waals surface area contributed by atoms with Gasteiger partial charge in [-0.1, -0.05) is 30.3 Å². The molecule has 0 amide bonds. The summed E-state index contributed by atoms with van der Waals surface area (Å²) in [5, 5.41) is 6.87. The Kier molecular flexibility index (Phi) is 9.66. The molecule has 1 aromatic carbocycles. The van der Waals surface area contributed by atoms with Crippen LogP contribution in [0.2, 0.25) is 0 Å². The highest BCUT2D eigenvalue weighted by Gasteiger charge is 2.41. The van der Waals surface area contributed by atoms with Gasteiger partial charge >= 0.3 is 0 Å². The van der Waals surface area contributed by atoms with Gasteiger partial charge in [0, 0.05) is 26.3 Å². The van der Waals surface area contributed by atoms with E-state index in [1.807, 2.05) is 6.07 Å². The fourth-order valence-electron chi connectivity index (χ4n) is 2.69. The summed E-state index contributed by atoms with van der Waals surface area (Å²) in [6.45, 7) is 9.75. The molecule has 0 heterocycles. The number of halogens is 1. The predicted molar refractivity (Wildman–Crippen MR) is 112 cm³/mol. The third kappa shape index (κ3) is 6.97. The molecular weight excluding hydrogens is 413 g/mol. The molecule has 0 spiro atoms. The Morgan fingerprint density at radius 1 is 1.25 bits per heavy atom. The Hall–Kier alpha value is -0.820. The van der Waals surface area contributed by atoms with Gasteiger partial charge in [-0.3, -0.25) is 4.99 Å². The molecule has 136 valence electrons. The number of hydrogen-bond acceptors (Lipinski definition) is 2. The highest BCUT2D eigenvalue weighted by molar-refractivity contribution is 14.0. The molecule has 1 aliphatic rings. The van der Waals surface area contributed by atoms with E-state index in [2.05, 4.69) is 55.7 Å². The molecule has 4 nitrogen and oxygen atoms in total. The van der Waals surface area contributed by atoms with E-state index in [9.17, 15) is 0 Å². The quantitative estimate of drug-likeness (QED) is 0.260. The summed E-state index contributed by atoms with van der Waals surface area (Å²) in [6.07, 6.45) is 3.67. The molecule has 2 N–H and O–H groups in total. The molecule has 1 unspecified atom stereocenters. The lowest BCUT2D eigenvalue weighted by Crippen LogP contribution is -2.39. The van der Waals surface area contributed by atoms with Gasteiger partial charge in [-0.05, 0) is 51.0 Å². The summed E-state index contributed by atoms with van der Waals surface area (Å²) >= 11 is 0. The fourth-order valence-corrected chi connectivity index (χ4v) is 2.69. The van der Waals surface area contributed by atoms with Crippen molar-refractivity contribution in [2.45, 2.75) is 46.1 Å². The first-order chi connectivity index (χ1) is 11.2. The van der Waals surface area contributed by atoms with Crippen molar-refractivity contribution >= 4 is 29.9 Å². The Balaban J connectivity index is 0.00000288. The maximum absolute atomic E-state index is 5.51. The van der Waals surface area contributed by atoms with Gasteiger partial charge in [-0.25, -0.2) is 0 Å². The maximum atomic E-state index is 5.51. The van der Waals surface area contributed by atoms with Crippen molar-refractivity contribution in [2.75, 3.05) is 26.3 Å². The molecule has 0 radical (unpaired) electrons. The van der Waals surface area contributed by atoms with E-state index in [0.29, 0.717) is 5.41 Å². The van der Waals surface area contributed by atoms with Crippen molar-refractivity contribution in [3.8, 4) is 0 Å². The van der Waals surface area contributed by atoms with Gasteiger partial charge in [0.1, 0.15) is 0 Å².